The number of amides is 1. The number of carbonyl (C=O) groups excluding carboxylic acids is 1. The third-order valence-corrected chi connectivity index (χ3v) is 5.62. The summed E-state index contributed by atoms with van der Waals surface area (Å²) in [4.78, 5) is 15.0. The SMILES string of the molecule is Cc1ccc(CC(C)NC(=O)CC2(CN)CCCCC2)s1. The summed E-state index contributed by atoms with van der Waals surface area (Å²) in [5.74, 6) is 0.170. The van der Waals surface area contributed by atoms with Gasteiger partial charge in [0.1, 0.15) is 0 Å². The predicted molar refractivity (Wildman–Crippen MR) is 89.6 cm³/mol. The van der Waals surface area contributed by atoms with Gasteiger partial charge in [0.15, 0.2) is 0 Å². The number of carbonyl (C=O) groups is 1. The highest BCUT2D eigenvalue weighted by Crippen LogP contribution is 2.38. The van der Waals surface area contributed by atoms with Crippen molar-refractivity contribution in [2.24, 2.45) is 11.1 Å². The van der Waals surface area contributed by atoms with Crippen LogP contribution in [0.1, 0.15) is 55.2 Å². The molecular weight excluding hydrogens is 280 g/mol. The summed E-state index contributed by atoms with van der Waals surface area (Å²) in [6, 6.07) is 4.49. The van der Waals surface area contributed by atoms with Gasteiger partial charge in [-0.1, -0.05) is 19.3 Å². The van der Waals surface area contributed by atoms with E-state index in [2.05, 4.69) is 31.3 Å². The van der Waals surface area contributed by atoms with Crippen LogP contribution >= 0.6 is 11.3 Å². The van der Waals surface area contributed by atoms with E-state index in [1.165, 1.54) is 29.0 Å². The second-order valence-corrected chi connectivity index (χ2v) is 8.00. The molecule has 3 N–H and O–H groups in total. The molecule has 0 saturated heterocycles. The highest BCUT2D eigenvalue weighted by atomic mass is 32.1. The topological polar surface area (TPSA) is 55.1 Å². The Morgan fingerprint density at radius 3 is 2.67 bits per heavy atom. The van der Waals surface area contributed by atoms with E-state index in [4.69, 9.17) is 5.73 Å². The van der Waals surface area contributed by atoms with Gasteiger partial charge in [0.2, 0.25) is 5.91 Å². The van der Waals surface area contributed by atoms with Crippen LogP contribution in [0.5, 0.6) is 0 Å². The van der Waals surface area contributed by atoms with Crippen molar-refractivity contribution in [1.82, 2.24) is 5.32 Å². The minimum absolute atomic E-state index is 0.0571. The van der Waals surface area contributed by atoms with Gasteiger partial charge in [0.05, 0.1) is 0 Å². The molecule has 0 aromatic carbocycles. The molecule has 1 aliphatic rings. The van der Waals surface area contributed by atoms with Crippen molar-refractivity contribution in [3.8, 4) is 0 Å². The lowest BCUT2D eigenvalue weighted by molar-refractivity contribution is -0.124. The van der Waals surface area contributed by atoms with Crippen molar-refractivity contribution < 1.29 is 4.79 Å². The Labute approximate surface area is 132 Å². The van der Waals surface area contributed by atoms with Gasteiger partial charge in [0.25, 0.3) is 0 Å². The third kappa shape index (κ3) is 4.82. The molecule has 1 fully saturated rings. The van der Waals surface area contributed by atoms with Crippen LogP contribution in [-0.2, 0) is 11.2 Å². The zero-order valence-electron chi connectivity index (χ0n) is 13.3. The first-order chi connectivity index (χ1) is 10.0. The van der Waals surface area contributed by atoms with E-state index in [1.807, 2.05) is 11.3 Å². The molecule has 1 aromatic heterocycles. The molecule has 3 nitrogen and oxygen atoms in total. The Balaban J connectivity index is 1.82. The first kappa shape index (κ1) is 16.5. The van der Waals surface area contributed by atoms with Gasteiger partial charge in [-0.15, -0.1) is 11.3 Å². The summed E-state index contributed by atoms with van der Waals surface area (Å²) in [6.07, 6.45) is 7.45. The van der Waals surface area contributed by atoms with Crippen LogP contribution in [0.4, 0.5) is 0 Å². The van der Waals surface area contributed by atoms with Gasteiger partial charge < -0.3 is 11.1 Å². The number of hydrogen-bond acceptors (Lipinski definition) is 3. The Bertz CT molecular complexity index is 463. The van der Waals surface area contributed by atoms with Crippen molar-refractivity contribution in [3.63, 3.8) is 0 Å². The molecule has 0 aliphatic heterocycles. The second kappa shape index (κ2) is 7.41. The van der Waals surface area contributed by atoms with Crippen molar-refractivity contribution >= 4 is 17.2 Å². The van der Waals surface area contributed by atoms with E-state index in [1.54, 1.807) is 0 Å². The molecular formula is C17H28N2OS. The maximum atomic E-state index is 12.3. The Hall–Kier alpha value is -0.870. The smallest absolute Gasteiger partial charge is 0.220 e. The minimum atomic E-state index is 0.0571. The van der Waals surface area contributed by atoms with Gasteiger partial charge in [-0.05, 0) is 50.8 Å². The molecule has 4 heteroatoms. The molecule has 1 atom stereocenters. The molecule has 0 spiro atoms. The average Bonchev–Trinajstić information content (AvgIpc) is 2.84. The molecule has 1 unspecified atom stereocenters. The number of nitrogens with one attached hydrogen (secondary N) is 1. The molecule has 0 bridgehead atoms. The number of thiophene rings is 1. The van der Waals surface area contributed by atoms with Crippen LogP contribution in [0.25, 0.3) is 0 Å². The van der Waals surface area contributed by atoms with Crippen LogP contribution in [0.3, 0.4) is 0 Å². The van der Waals surface area contributed by atoms with Crippen molar-refractivity contribution in [1.29, 1.82) is 0 Å². The normalized spacial score (nSPS) is 19.2. The van der Waals surface area contributed by atoms with Crippen LogP contribution in [0.2, 0.25) is 0 Å². The van der Waals surface area contributed by atoms with Crippen LogP contribution in [0, 0.1) is 12.3 Å². The minimum Gasteiger partial charge on any atom is -0.353 e. The number of aryl methyl sites for hydroxylation is 1. The summed E-state index contributed by atoms with van der Waals surface area (Å²) in [6.45, 7) is 4.84. The number of hydrogen-bond donors (Lipinski definition) is 2. The second-order valence-electron chi connectivity index (χ2n) is 6.63. The van der Waals surface area contributed by atoms with Gasteiger partial charge in [-0.3, -0.25) is 4.79 Å². The van der Waals surface area contributed by atoms with Crippen LogP contribution in [0.15, 0.2) is 12.1 Å². The standard InChI is InChI=1S/C17H28N2OS/c1-13(10-15-7-6-14(2)21-15)19-16(20)11-17(12-18)8-4-3-5-9-17/h6-7,13H,3-5,8-12,18H2,1-2H3,(H,19,20). The molecule has 118 valence electrons. The fourth-order valence-electron chi connectivity index (χ4n) is 3.37. The summed E-state index contributed by atoms with van der Waals surface area (Å²) in [5.41, 5.74) is 6.02. The zero-order valence-corrected chi connectivity index (χ0v) is 14.1. The summed E-state index contributed by atoms with van der Waals surface area (Å²) in [5, 5.41) is 3.16. The maximum Gasteiger partial charge on any atom is 0.220 e. The largest absolute Gasteiger partial charge is 0.353 e. The monoisotopic (exact) mass is 308 g/mol. The summed E-state index contributed by atoms with van der Waals surface area (Å²) >= 11 is 1.81. The molecule has 0 radical (unpaired) electrons. The van der Waals surface area contributed by atoms with E-state index in [9.17, 15) is 4.79 Å². The summed E-state index contributed by atoms with van der Waals surface area (Å²) in [7, 11) is 0. The molecule has 2 rings (SSSR count). The van der Waals surface area contributed by atoms with Gasteiger partial charge >= 0.3 is 0 Å². The van der Waals surface area contributed by atoms with Crippen molar-refractivity contribution in [3.05, 3.63) is 21.9 Å². The molecule has 1 saturated carbocycles. The van der Waals surface area contributed by atoms with E-state index in [0.29, 0.717) is 13.0 Å². The summed E-state index contributed by atoms with van der Waals surface area (Å²) < 4.78 is 0. The quantitative estimate of drug-likeness (QED) is 0.846. The van der Waals surface area contributed by atoms with E-state index in [-0.39, 0.29) is 17.4 Å². The number of nitrogens with two attached hydrogens (primary N) is 1. The Kier molecular flexibility index (Phi) is 5.82. The highest BCUT2D eigenvalue weighted by molar-refractivity contribution is 7.11. The fourth-order valence-corrected chi connectivity index (χ4v) is 4.39. The Morgan fingerprint density at radius 2 is 2.10 bits per heavy atom. The lowest BCUT2D eigenvalue weighted by Crippen LogP contribution is -2.41. The molecule has 21 heavy (non-hydrogen) atoms. The van der Waals surface area contributed by atoms with Crippen molar-refractivity contribution in [2.75, 3.05) is 6.54 Å². The maximum absolute atomic E-state index is 12.3. The van der Waals surface area contributed by atoms with E-state index in [0.717, 1.165) is 19.3 Å². The van der Waals surface area contributed by atoms with Gasteiger partial charge in [-0.25, -0.2) is 0 Å². The third-order valence-electron chi connectivity index (χ3n) is 4.59. The highest BCUT2D eigenvalue weighted by Gasteiger charge is 2.33. The lowest BCUT2D eigenvalue weighted by atomic mass is 9.71. The number of rotatable bonds is 6. The zero-order chi connectivity index (χ0) is 15.3. The molecule has 1 heterocycles. The predicted octanol–water partition coefficient (Wildman–Crippen LogP) is 3.40. The van der Waals surface area contributed by atoms with Crippen LogP contribution < -0.4 is 11.1 Å². The lowest BCUT2D eigenvalue weighted by Gasteiger charge is -2.36. The Morgan fingerprint density at radius 1 is 1.38 bits per heavy atom. The van der Waals surface area contributed by atoms with Crippen LogP contribution in [-0.4, -0.2) is 18.5 Å². The van der Waals surface area contributed by atoms with Gasteiger partial charge in [0, 0.05) is 28.6 Å². The van der Waals surface area contributed by atoms with Crippen molar-refractivity contribution in [2.45, 2.75) is 64.8 Å². The average molecular weight is 308 g/mol. The molecule has 1 aliphatic carbocycles. The van der Waals surface area contributed by atoms with Gasteiger partial charge in [-0.2, -0.15) is 0 Å². The first-order valence-corrected chi connectivity index (χ1v) is 8.89. The first-order valence-electron chi connectivity index (χ1n) is 8.08. The fraction of sp³-hybridized carbons (Fsp3) is 0.706. The van der Waals surface area contributed by atoms with E-state index >= 15 is 0 Å². The molecule has 1 amide bonds. The molecule has 1 aromatic rings. The van der Waals surface area contributed by atoms with E-state index < -0.39 is 0 Å².